The smallest absolute Gasteiger partial charge is 0.332 e. The molecule has 114 valence electrons. The number of aliphatic hydroxyl groups is 1. The first-order chi connectivity index (χ1) is 9.58. The maximum absolute atomic E-state index is 12.0. The number of carboxylic acids is 1. The Morgan fingerprint density at radius 1 is 1.20 bits per heavy atom. The number of nitrogens with one attached hydrogen (secondary N) is 1. The number of amides is 2. The van der Waals surface area contributed by atoms with E-state index in [1.807, 2.05) is 4.90 Å². The molecule has 0 spiro atoms. The number of hydrogen-bond acceptors (Lipinski definition) is 3. The van der Waals surface area contributed by atoms with Gasteiger partial charge >= 0.3 is 12.0 Å². The van der Waals surface area contributed by atoms with Gasteiger partial charge in [-0.05, 0) is 24.7 Å². The van der Waals surface area contributed by atoms with Crippen molar-refractivity contribution >= 4 is 12.0 Å². The first kappa shape index (κ1) is 15.1. The van der Waals surface area contributed by atoms with Gasteiger partial charge in [0.1, 0.15) is 0 Å². The van der Waals surface area contributed by atoms with E-state index >= 15 is 0 Å². The average Bonchev–Trinajstić information content (AvgIpc) is 2.46. The lowest BCUT2D eigenvalue weighted by Gasteiger charge is -2.41. The summed E-state index contributed by atoms with van der Waals surface area (Å²) < 4.78 is 0. The summed E-state index contributed by atoms with van der Waals surface area (Å²) in [6, 6.07) is -0.133. The van der Waals surface area contributed by atoms with Gasteiger partial charge in [-0.3, -0.25) is 0 Å². The van der Waals surface area contributed by atoms with Crippen LogP contribution in [0.15, 0.2) is 0 Å². The highest BCUT2D eigenvalue weighted by Gasteiger charge is 2.32. The van der Waals surface area contributed by atoms with Gasteiger partial charge in [0.25, 0.3) is 0 Å². The lowest BCUT2D eigenvalue weighted by atomic mass is 9.75. The van der Waals surface area contributed by atoms with Crippen molar-refractivity contribution in [2.24, 2.45) is 11.8 Å². The van der Waals surface area contributed by atoms with Crippen molar-refractivity contribution in [3.63, 3.8) is 0 Å². The molecule has 2 rings (SSSR count). The zero-order chi connectivity index (χ0) is 14.5. The second kappa shape index (κ2) is 6.92. The molecule has 0 radical (unpaired) electrons. The fraction of sp³-hybridized carbons (Fsp3) is 0.857. The van der Waals surface area contributed by atoms with E-state index in [-0.39, 0.29) is 19.0 Å². The summed E-state index contributed by atoms with van der Waals surface area (Å²) in [5, 5.41) is 20.4. The van der Waals surface area contributed by atoms with Crippen molar-refractivity contribution in [3.05, 3.63) is 0 Å². The first-order valence-electron chi connectivity index (χ1n) is 7.51. The molecule has 3 atom stereocenters. The Labute approximate surface area is 119 Å². The van der Waals surface area contributed by atoms with Gasteiger partial charge in [0, 0.05) is 26.1 Å². The second-order valence-corrected chi connectivity index (χ2v) is 5.91. The molecule has 0 bridgehead atoms. The van der Waals surface area contributed by atoms with Crippen molar-refractivity contribution in [2.75, 3.05) is 19.6 Å². The number of rotatable bonds is 4. The Hall–Kier alpha value is -1.30. The summed E-state index contributed by atoms with van der Waals surface area (Å²) in [6.45, 7) is 1.80. The molecule has 3 unspecified atom stereocenters. The van der Waals surface area contributed by atoms with E-state index in [4.69, 9.17) is 10.2 Å². The van der Waals surface area contributed by atoms with Crippen molar-refractivity contribution < 1.29 is 19.8 Å². The number of hydrogen-bond donors (Lipinski definition) is 3. The Morgan fingerprint density at radius 2 is 1.90 bits per heavy atom. The molecule has 2 amide bonds. The molecule has 3 N–H and O–H groups in total. The monoisotopic (exact) mass is 284 g/mol. The quantitative estimate of drug-likeness (QED) is 0.719. The molecular weight excluding hydrogens is 260 g/mol. The number of carbonyl (C=O) groups excluding carboxylic acids is 1. The molecule has 0 aromatic heterocycles. The van der Waals surface area contributed by atoms with E-state index in [0.29, 0.717) is 5.92 Å². The molecule has 0 aromatic rings. The van der Waals surface area contributed by atoms with Crippen LogP contribution in [0.1, 0.15) is 38.5 Å². The highest BCUT2D eigenvalue weighted by molar-refractivity contribution is 5.74. The molecule has 2 fully saturated rings. The fourth-order valence-electron chi connectivity index (χ4n) is 3.34. The summed E-state index contributed by atoms with van der Waals surface area (Å²) in [7, 11) is 0. The van der Waals surface area contributed by atoms with E-state index in [2.05, 4.69) is 5.32 Å². The predicted octanol–water partition coefficient (Wildman–Crippen LogP) is 1.04. The van der Waals surface area contributed by atoms with Crippen LogP contribution in [0.3, 0.4) is 0 Å². The highest BCUT2D eigenvalue weighted by atomic mass is 16.4. The molecule has 6 nitrogen and oxygen atoms in total. The van der Waals surface area contributed by atoms with Crippen LogP contribution in [-0.2, 0) is 4.79 Å². The van der Waals surface area contributed by atoms with Gasteiger partial charge in [0.2, 0.25) is 0 Å². The van der Waals surface area contributed by atoms with Crippen LogP contribution in [-0.4, -0.2) is 52.9 Å². The van der Waals surface area contributed by atoms with Crippen molar-refractivity contribution in [1.82, 2.24) is 10.2 Å². The normalized spacial score (nSPS) is 27.6. The molecule has 1 saturated carbocycles. The number of likely N-dealkylation sites (tertiary alicyclic amines) is 1. The lowest BCUT2D eigenvalue weighted by molar-refractivity contribution is -0.146. The minimum absolute atomic E-state index is 0.0426. The second-order valence-electron chi connectivity index (χ2n) is 5.91. The van der Waals surface area contributed by atoms with Crippen LogP contribution < -0.4 is 5.32 Å². The van der Waals surface area contributed by atoms with Gasteiger partial charge in [0.05, 0.1) is 0 Å². The fourth-order valence-corrected chi connectivity index (χ4v) is 3.34. The molecule has 1 heterocycles. The third kappa shape index (κ3) is 3.85. The number of carbonyl (C=O) groups is 2. The molecule has 1 aliphatic carbocycles. The zero-order valence-electron chi connectivity index (χ0n) is 11.8. The molecule has 1 saturated heterocycles. The minimum Gasteiger partial charge on any atom is -0.479 e. The van der Waals surface area contributed by atoms with E-state index in [1.165, 1.54) is 25.7 Å². The van der Waals surface area contributed by atoms with Crippen LogP contribution in [0.25, 0.3) is 0 Å². The van der Waals surface area contributed by atoms with Gasteiger partial charge < -0.3 is 20.4 Å². The standard InChI is InChI=1S/C14H24N2O4/c17-12(13(18)19)5-7-15-14(20)16-8-6-10-3-1-2-4-11(10)9-16/h10-12,17H,1-9H2,(H,15,20)(H,18,19). The third-order valence-electron chi connectivity index (χ3n) is 4.56. The SMILES string of the molecule is O=C(O)C(O)CCNC(=O)N1CCC2CCCCC2C1. The van der Waals surface area contributed by atoms with Crippen LogP contribution in [0.4, 0.5) is 4.79 Å². The largest absolute Gasteiger partial charge is 0.479 e. The topological polar surface area (TPSA) is 89.9 Å². The van der Waals surface area contributed by atoms with Crippen LogP contribution in [0.2, 0.25) is 0 Å². The number of fused-ring (bicyclic) bond motifs is 1. The Kier molecular flexibility index (Phi) is 5.23. The van der Waals surface area contributed by atoms with Gasteiger partial charge in [-0.15, -0.1) is 0 Å². The van der Waals surface area contributed by atoms with Crippen molar-refractivity contribution in [2.45, 2.75) is 44.6 Å². The summed E-state index contributed by atoms with van der Waals surface area (Å²) in [5.74, 6) is 0.164. The molecule has 1 aliphatic heterocycles. The molecule has 2 aliphatic rings. The zero-order valence-corrected chi connectivity index (χ0v) is 11.8. The van der Waals surface area contributed by atoms with Crippen molar-refractivity contribution in [1.29, 1.82) is 0 Å². The number of aliphatic hydroxyl groups excluding tert-OH is 1. The van der Waals surface area contributed by atoms with Gasteiger partial charge in [0.15, 0.2) is 6.10 Å². The molecular formula is C14H24N2O4. The Balaban J connectivity index is 1.71. The van der Waals surface area contributed by atoms with Crippen LogP contribution in [0.5, 0.6) is 0 Å². The summed E-state index contributed by atoms with van der Waals surface area (Å²) in [4.78, 5) is 24.3. The Morgan fingerprint density at radius 3 is 2.60 bits per heavy atom. The molecule has 6 heteroatoms. The Bertz CT molecular complexity index is 361. The average molecular weight is 284 g/mol. The van der Waals surface area contributed by atoms with Gasteiger partial charge in [-0.2, -0.15) is 0 Å². The number of aliphatic carboxylic acids is 1. The summed E-state index contributed by atoms with van der Waals surface area (Å²) >= 11 is 0. The lowest BCUT2D eigenvalue weighted by Crippen LogP contribution is -2.49. The van der Waals surface area contributed by atoms with Crippen LogP contribution in [0, 0.1) is 11.8 Å². The molecule has 0 aromatic carbocycles. The highest BCUT2D eigenvalue weighted by Crippen LogP contribution is 2.35. The molecule has 20 heavy (non-hydrogen) atoms. The summed E-state index contributed by atoms with van der Waals surface area (Å²) in [6.07, 6.45) is 4.81. The van der Waals surface area contributed by atoms with E-state index < -0.39 is 12.1 Å². The maximum atomic E-state index is 12.0. The van der Waals surface area contributed by atoms with E-state index in [0.717, 1.165) is 25.4 Å². The maximum Gasteiger partial charge on any atom is 0.332 e. The number of nitrogens with zero attached hydrogens (tertiary/aromatic N) is 1. The van der Waals surface area contributed by atoms with Gasteiger partial charge in [-0.1, -0.05) is 19.3 Å². The third-order valence-corrected chi connectivity index (χ3v) is 4.56. The minimum atomic E-state index is -1.40. The summed E-state index contributed by atoms with van der Waals surface area (Å²) in [5.41, 5.74) is 0. The predicted molar refractivity (Wildman–Crippen MR) is 73.3 cm³/mol. The number of carboxylic acid groups (broad SMARTS) is 1. The first-order valence-corrected chi connectivity index (χ1v) is 7.51. The number of piperidine rings is 1. The van der Waals surface area contributed by atoms with Crippen LogP contribution >= 0.6 is 0 Å². The van der Waals surface area contributed by atoms with E-state index in [9.17, 15) is 9.59 Å². The van der Waals surface area contributed by atoms with E-state index in [1.54, 1.807) is 0 Å². The number of urea groups is 1. The van der Waals surface area contributed by atoms with Crippen molar-refractivity contribution in [3.8, 4) is 0 Å². The van der Waals surface area contributed by atoms with Gasteiger partial charge in [-0.25, -0.2) is 9.59 Å².